The second kappa shape index (κ2) is 3.65. The highest BCUT2D eigenvalue weighted by atomic mass is 79.9. The molecule has 0 amide bonds. The van der Waals surface area contributed by atoms with E-state index in [9.17, 15) is 13.6 Å². The first-order valence-corrected chi connectivity index (χ1v) is 3.12. The Morgan fingerprint density at radius 3 is 2.60 bits per heavy atom. The fraction of sp³-hybridized carbons (Fsp3) is 0.400. The number of hydrogen-bond acceptors (Lipinski definition) is 2. The topological polar surface area (TPSA) is 26.3 Å². The molecule has 0 aromatic heterocycles. The van der Waals surface area contributed by atoms with Crippen LogP contribution in [0.3, 0.4) is 0 Å². The summed E-state index contributed by atoms with van der Waals surface area (Å²) in [4.78, 5) is 6.57. The normalized spacial score (nSPS) is 10.7. The van der Waals surface area contributed by atoms with E-state index in [1.54, 1.807) is 0 Å². The molecular weight excluding hydrogens is 210 g/mol. The average Bonchev–Trinajstić information content (AvgIpc) is 1.80. The fourth-order valence-corrected chi connectivity index (χ4v) is 0.331. The predicted molar refractivity (Wildman–Crippen MR) is 35.0 cm³/mol. The summed E-state index contributed by atoms with van der Waals surface area (Å²) in [6.07, 6.45) is 1.20. The largest absolute Gasteiger partial charge is 0.456 e. The minimum absolute atomic E-state index is 0.208. The quantitative estimate of drug-likeness (QED) is 0.407. The first-order valence-electron chi connectivity index (χ1n) is 2.33. The molecule has 10 heavy (non-hydrogen) atoms. The van der Waals surface area contributed by atoms with E-state index in [1.807, 2.05) is 15.9 Å². The van der Waals surface area contributed by atoms with E-state index in [4.69, 9.17) is 0 Å². The summed E-state index contributed by atoms with van der Waals surface area (Å²) < 4.78 is 27.7. The van der Waals surface area contributed by atoms with E-state index in [0.717, 1.165) is 0 Å². The molecule has 0 atom stereocenters. The molecule has 58 valence electrons. The molecule has 0 aliphatic rings. The molecule has 0 unspecified atom stereocenters. The number of ether oxygens (including phenoxy) is 1. The van der Waals surface area contributed by atoms with Crippen molar-refractivity contribution in [2.75, 3.05) is 6.61 Å². The Kier molecular flexibility index (Phi) is 3.49. The van der Waals surface area contributed by atoms with Crippen LogP contribution in [0.15, 0.2) is 12.7 Å². The van der Waals surface area contributed by atoms with Gasteiger partial charge in [0.25, 0.3) is 0 Å². The summed E-state index contributed by atoms with van der Waals surface area (Å²) in [6.45, 7) is 2.97. The molecule has 0 saturated carbocycles. The lowest BCUT2D eigenvalue weighted by Crippen LogP contribution is -2.23. The maximum atomic E-state index is 11.8. The molecule has 0 aromatic rings. The number of rotatable bonds is 3. The van der Waals surface area contributed by atoms with Crippen LogP contribution in [0.25, 0.3) is 0 Å². The van der Waals surface area contributed by atoms with Gasteiger partial charge in [0, 0.05) is 15.9 Å². The van der Waals surface area contributed by atoms with E-state index >= 15 is 0 Å². The second-order valence-electron chi connectivity index (χ2n) is 1.38. The molecule has 0 radical (unpaired) electrons. The van der Waals surface area contributed by atoms with Crippen LogP contribution >= 0.6 is 15.9 Å². The lowest BCUT2D eigenvalue weighted by Gasteiger charge is -2.05. The third kappa shape index (κ3) is 3.55. The van der Waals surface area contributed by atoms with Gasteiger partial charge < -0.3 is 4.74 Å². The van der Waals surface area contributed by atoms with E-state index in [1.165, 1.54) is 6.08 Å². The van der Waals surface area contributed by atoms with Gasteiger partial charge in [-0.2, -0.15) is 8.78 Å². The second-order valence-corrected chi connectivity index (χ2v) is 2.38. The van der Waals surface area contributed by atoms with E-state index in [-0.39, 0.29) is 6.61 Å². The van der Waals surface area contributed by atoms with Gasteiger partial charge in [0.05, 0.1) is 0 Å². The Morgan fingerprint density at radius 2 is 2.30 bits per heavy atom. The molecule has 5 heteroatoms. The standard InChI is InChI=1S/C5H5BrF2O2/c1-2-3-10-4(9)5(6,7)8/h2H,1,3H2. The highest BCUT2D eigenvalue weighted by Gasteiger charge is 2.36. The van der Waals surface area contributed by atoms with Gasteiger partial charge in [-0.3, -0.25) is 0 Å². The third-order valence-corrected chi connectivity index (χ3v) is 0.887. The lowest BCUT2D eigenvalue weighted by molar-refractivity contribution is -0.157. The van der Waals surface area contributed by atoms with E-state index in [0.29, 0.717) is 0 Å². The van der Waals surface area contributed by atoms with Crippen molar-refractivity contribution in [3.63, 3.8) is 0 Å². The summed E-state index contributed by atoms with van der Waals surface area (Å²) in [6, 6.07) is 0. The minimum Gasteiger partial charge on any atom is -0.456 e. The van der Waals surface area contributed by atoms with Gasteiger partial charge in [-0.05, 0) is 0 Å². The van der Waals surface area contributed by atoms with Gasteiger partial charge in [-0.15, -0.1) is 0 Å². The smallest absolute Gasteiger partial charge is 0.396 e. The summed E-state index contributed by atoms with van der Waals surface area (Å²) in [5.41, 5.74) is 0. The molecule has 2 nitrogen and oxygen atoms in total. The Balaban J connectivity index is 3.74. The van der Waals surface area contributed by atoms with Gasteiger partial charge in [-0.25, -0.2) is 4.79 Å². The van der Waals surface area contributed by atoms with E-state index < -0.39 is 10.8 Å². The van der Waals surface area contributed by atoms with Crippen molar-refractivity contribution in [3.8, 4) is 0 Å². The zero-order chi connectivity index (χ0) is 8.20. The maximum Gasteiger partial charge on any atom is 0.396 e. The molecule has 0 spiro atoms. The van der Waals surface area contributed by atoms with Crippen LogP contribution in [0.2, 0.25) is 0 Å². The molecule has 0 heterocycles. The van der Waals surface area contributed by atoms with Crippen LogP contribution in [0.5, 0.6) is 0 Å². The van der Waals surface area contributed by atoms with Crippen LogP contribution in [0.1, 0.15) is 0 Å². The molecular formula is C5H5BrF2O2. The van der Waals surface area contributed by atoms with Crippen molar-refractivity contribution < 1.29 is 18.3 Å². The van der Waals surface area contributed by atoms with Crippen LogP contribution in [-0.2, 0) is 9.53 Å². The molecule has 0 rings (SSSR count). The van der Waals surface area contributed by atoms with Crippen LogP contribution < -0.4 is 0 Å². The SMILES string of the molecule is C=CCOC(=O)C(F)(F)Br. The molecule has 0 aliphatic carbocycles. The summed E-state index contributed by atoms with van der Waals surface area (Å²) in [5.74, 6) is -1.60. The molecule has 0 N–H and O–H groups in total. The van der Waals surface area contributed by atoms with Gasteiger partial charge in [-0.1, -0.05) is 12.7 Å². The monoisotopic (exact) mass is 214 g/mol. The van der Waals surface area contributed by atoms with Gasteiger partial charge in [0.15, 0.2) is 0 Å². The first-order chi connectivity index (χ1) is 4.48. The number of hydrogen-bond donors (Lipinski definition) is 0. The molecule has 0 aliphatic heterocycles. The first kappa shape index (κ1) is 9.55. The summed E-state index contributed by atoms with van der Waals surface area (Å²) >= 11 is 1.83. The Bertz CT molecular complexity index is 141. The fourth-order valence-electron chi connectivity index (χ4n) is 0.216. The van der Waals surface area contributed by atoms with Crippen molar-refractivity contribution in [2.45, 2.75) is 4.83 Å². The number of carbonyl (C=O) groups is 1. The summed E-state index contributed by atoms with van der Waals surface area (Å²) in [5, 5.41) is 0. The zero-order valence-electron chi connectivity index (χ0n) is 4.94. The van der Waals surface area contributed by atoms with Crippen LogP contribution in [0.4, 0.5) is 8.78 Å². The highest BCUT2D eigenvalue weighted by molar-refractivity contribution is 9.10. The highest BCUT2D eigenvalue weighted by Crippen LogP contribution is 2.22. The summed E-state index contributed by atoms with van der Waals surface area (Å²) in [7, 11) is 0. The van der Waals surface area contributed by atoms with Gasteiger partial charge in [0.2, 0.25) is 0 Å². The number of alkyl halides is 3. The van der Waals surface area contributed by atoms with Crippen molar-refractivity contribution in [1.82, 2.24) is 0 Å². The Morgan fingerprint density at radius 1 is 1.80 bits per heavy atom. The lowest BCUT2D eigenvalue weighted by atomic mass is 10.6. The molecule has 0 aromatic carbocycles. The maximum absolute atomic E-state index is 11.8. The van der Waals surface area contributed by atoms with Crippen molar-refractivity contribution in [2.24, 2.45) is 0 Å². The van der Waals surface area contributed by atoms with Crippen molar-refractivity contribution in [3.05, 3.63) is 12.7 Å². The van der Waals surface area contributed by atoms with Gasteiger partial charge >= 0.3 is 10.8 Å². The van der Waals surface area contributed by atoms with Crippen molar-refractivity contribution >= 4 is 21.9 Å². The minimum atomic E-state index is -3.59. The Labute approximate surface area is 65.0 Å². The van der Waals surface area contributed by atoms with Crippen LogP contribution in [0, 0.1) is 0 Å². The third-order valence-electron chi connectivity index (χ3n) is 0.564. The molecule has 0 saturated heterocycles. The van der Waals surface area contributed by atoms with Crippen LogP contribution in [-0.4, -0.2) is 17.4 Å². The number of halogens is 3. The predicted octanol–water partition coefficient (Wildman–Crippen LogP) is 1.70. The molecule has 0 bridgehead atoms. The number of esters is 1. The number of carbonyl (C=O) groups excluding carboxylic acids is 1. The van der Waals surface area contributed by atoms with Crippen molar-refractivity contribution in [1.29, 1.82) is 0 Å². The van der Waals surface area contributed by atoms with Gasteiger partial charge in [0.1, 0.15) is 6.61 Å². The zero-order valence-corrected chi connectivity index (χ0v) is 6.53. The molecule has 0 fully saturated rings. The Hall–Kier alpha value is -0.450. The van der Waals surface area contributed by atoms with E-state index in [2.05, 4.69) is 11.3 Å². The average molecular weight is 215 g/mol.